The second-order valence-electron chi connectivity index (χ2n) is 7.16. The van der Waals surface area contributed by atoms with E-state index in [1.54, 1.807) is 4.90 Å². The number of amides is 1. The van der Waals surface area contributed by atoms with Crippen LogP contribution in [-0.4, -0.2) is 48.1 Å². The maximum Gasteiger partial charge on any atom is 0.410 e. The number of aliphatic imine (C=N–C) groups is 1. The standard InChI is InChI=1S/C16H29N3O2/c1-5-13(10-12-6-7-12)18-14-11-19(9-8-17-14)15(20)21-16(2,3)4/h12-13H,5-11H2,1-4H3,(H,17,18). The first kappa shape index (κ1) is 16.1. The van der Waals surface area contributed by atoms with Crippen LogP contribution in [0.5, 0.6) is 0 Å². The average molecular weight is 295 g/mol. The largest absolute Gasteiger partial charge is 0.444 e. The molecule has 1 fully saturated rings. The van der Waals surface area contributed by atoms with E-state index in [2.05, 4.69) is 17.2 Å². The molecule has 1 heterocycles. The van der Waals surface area contributed by atoms with Gasteiger partial charge in [-0.1, -0.05) is 19.8 Å². The number of carbonyl (C=O) groups excluding carboxylic acids is 1. The van der Waals surface area contributed by atoms with Gasteiger partial charge in [0.1, 0.15) is 11.4 Å². The van der Waals surface area contributed by atoms with Crippen LogP contribution in [0.1, 0.15) is 53.4 Å². The highest BCUT2D eigenvalue weighted by Crippen LogP contribution is 2.34. The zero-order valence-corrected chi connectivity index (χ0v) is 13.8. The van der Waals surface area contributed by atoms with Crippen LogP contribution in [0, 0.1) is 5.92 Å². The van der Waals surface area contributed by atoms with Gasteiger partial charge in [-0.3, -0.25) is 9.89 Å². The fourth-order valence-corrected chi connectivity index (χ4v) is 2.51. The molecular weight excluding hydrogens is 266 g/mol. The monoisotopic (exact) mass is 295 g/mol. The Bertz CT molecular complexity index is 397. The second kappa shape index (κ2) is 6.67. The maximum atomic E-state index is 12.1. The number of hydrogen-bond acceptors (Lipinski definition) is 4. The minimum absolute atomic E-state index is 0.244. The van der Waals surface area contributed by atoms with Crippen molar-refractivity contribution in [1.29, 1.82) is 0 Å². The lowest BCUT2D eigenvalue weighted by Crippen LogP contribution is -2.49. The van der Waals surface area contributed by atoms with E-state index in [0.717, 1.165) is 18.2 Å². The first-order valence-corrected chi connectivity index (χ1v) is 8.15. The summed E-state index contributed by atoms with van der Waals surface area (Å²) in [6, 6.07) is 0.481. The molecule has 1 saturated carbocycles. The Morgan fingerprint density at radius 2 is 2.19 bits per heavy atom. The molecule has 0 bridgehead atoms. The smallest absolute Gasteiger partial charge is 0.410 e. The second-order valence-corrected chi connectivity index (χ2v) is 7.16. The highest BCUT2D eigenvalue weighted by molar-refractivity contribution is 5.88. The van der Waals surface area contributed by atoms with E-state index in [4.69, 9.17) is 4.74 Å². The van der Waals surface area contributed by atoms with Crippen LogP contribution in [0.3, 0.4) is 0 Å². The van der Waals surface area contributed by atoms with Crippen LogP contribution < -0.4 is 5.32 Å². The van der Waals surface area contributed by atoms with Crippen molar-refractivity contribution in [1.82, 2.24) is 10.2 Å². The summed E-state index contributed by atoms with van der Waals surface area (Å²) in [4.78, 5) is 18.4. The highest BCUT2D eigenvalue weighted by atomic mass is 16.6. The zero-order chi connectivity index (χ0) is 15.5. The Morgan fingerprint density at radius 1 is 1.48 bits per heavy atom. The van der Waals surface area contributed by atoms with Crippen LogP contribution in [0.4, 0.5) is 4.79 Å². The normalized spacial score (nSPS) is 20.8. The Balaban J connectivity index is 1.84. The molecule has 1 unspecified atom stereocenters. The van der Waals surface area contributed by atoms with Crippen molar-refractivity contribution in [2.45, 2.75) is 65.0 Å². The highest BCUT2D eigenvalue weighted by Gasteiger charge is 2.28. The molecule has 2 aliphatic rings. The molecule has 120 valence electrons. The quantitative estimate of drug-likeness (QED) is 0.867. The van der Waals surface area contributed by atoms with Gasteiger partial charge in [0.25, 0.3) is 0 Å². The van der Waals surface area contributed by atoms with E-state index in [9.17, 15) is 4.79 Å². The zero-order valence-electron chi connectivity index (χ0n) is 13.8. The minimum Gasteiger partial charge on any atom is -0.444 e. The third-order valence-corrected chi connectivity index (χ3v) is 3.84. The average Bonchev–Trinajstić information content (AvgIpc) is 3.20. The number of nitrogens with zero attached hydrogens (tertiary/aromatic N) is 2. The Hall–Kier alpha value is -1.26. The number of nitrogens with one attached hydrogen (secondary N) is 1. The summed E-state index contributed by atoms with van der Waals surface area (Å²) in [7, 11) is 0. The van der Waals surface area contributed by atoms with Crippen molar-refractivity contribution >= 4 is 11.9 Å². The van der Waals surface area contributed by atoms with E-state index in [1.807, 2.05) is 20.8 Å². The molecule has 21 heavy (non-hydrogen) atoms. The topological polar surface area (TPSA) is 53.9 Å². The molecule has 1 atom stereocenters. The predicted molar refractivity (Wildman–Crippen MR) is 84.7 cm³/mol. The molecule has 1 N–H and O–H groups in total. The summed E-state index contributed by atoms with van der Waals surface area (Å²) in [5.41, 5.74) is -0.447. The fraction of sp³-hybridized carbons (Fsp3) is 0.875. The summed E-state index contributed by atoms with van der Waals surface area (Å²) in [5, 5.41) is 3.53. The van der Waals surface area contributed by atoms with Crippen molar-refractivity contribution in [2.75, 3.05) is 19.6 Å². The van der Waals surface area contributed by atoms with Crippen molar-refractivity contribution in [3.8, 4) is 0 Å². The number of carbonyl (C=O) groups is 1. The van der Waals surface area contributed by atoms with Gasteiger partial charge in [0.05, 0.1) is 13.1 Å². The van der Waals surface area contributed by atoms with Crippen molar-refractivity contribution in [3.63, 3.8) is 0 Å². The van der Waals surface area contributed by atoms with E-state index in [0.29, 0.717) is 25.7 Å². The lowest BCUT2D eigenvalue weighted by atomic mass is 10.1. The number of hydrogen-bond donors (Lipinski definition) is 1. The summed E-state index contributed by atoms with van der Waals surface area (Å²) in [6.07, 6.45) is 4.82. The first-order valence-electron chi connectivity index (χ1n) is 8.15. The van der Waals surface area contributed by atoms with E-state index < -0.39 is 5.60 Å². The molecule has 2 rings (SSSR count). The minimum atomic E-state index is -0.447. The lowest BCUT2D eigenvalue weighted by Gasteiger charge is -2.31. The number of amidine groups is 1. The van der Waals surface area contributed by atoms with Gasteiger partial charge in [0, 0.05) is 12.6 Å². The van der Waals surface area contributed by atoms with E-state index >= 15 is 0 Å². The van der Waals surface area contributed by atoms with Gasteiger partial charge in [-0.15, -0.1) is 0 Å². The molecule has 1 amide bonds. The van der Waals surface area contributed by atoms with Gasteiger partial charge < -0.3 is 10.1 Å². The van der Waals surface area contributed by atoms with Crippen molar-refractivity contribution in [3.05, 3.63) is 0 Å². The van der Waals surface area contributed by atoms with Crippen LogP contribution in [-0.2, 0) is 4.74 Å². The summed E-state index contributed by atoms with van der Waals surface area (Å²) in [6.45, 7) is 9.71. The van der Waals surface area contributed by atoms with Crippen molar-refractivity contribution in [2.24, 2.45) is 10.9 Å². The summed E-state index contributed by atoms with van der Waals surface area (Å²) < 4.78 is 5.44. The van der Waals surface area contributed by atoms with Crippen molar-refractivity contribution < 1.29 is 9.53 Å². The number of ether oxygens (including phenoxy) is 1. The Morgan fingerprint density at radius 3 is 2.76 bits per heavy atom. The van der Waals surface area contributed by atoms with E-state index in [1.165, 1.54) is 19.3 Å². The summed E-state index contributed by atoms with van der Waals surface area (Å²) >= 11 is 0. The summed E-state index contributed by atoms with van der Waals surface area (Å²) in [5.74, 6) is 1.83. The van der Waals surface area contributed by atoms with Gasteiger partial charge in [0.15, 0.2) is 0 Å². The lowest BCUT2D eigenvalue weighted by molar-refractivity contribution is 0.0276. The molecule has 0 aromatic heterocycles. The molecule has 0 radical (unpaired) electrons. The van der Waals surface area contributed by atoms with Gasteiger partial charge in [-0.05, 0) is 39.5 Å². The fourth-order valence-electron chi connectivity index (χ4n) is 2.51. The van der Waals surface area contributed by atoms with Crippen LogP contribution in [0.25, 0.3) is 0 Å². The van der Waals surface area contributed by atoms with Gasteiger partial charge in [-0.25, -0.2) is 4.79 Å². The van der Waals surface area contributed by atoms with Gasteiger partial charge in [-0.2, -0.15) is 0 Å². The molecule has 5 heteroatoms. The SMILES string of the molecule is CCC(CC1CC1)NC1=NCCN(C(=O)OC(C)(C)C)C1. The Kier molecular flexibility index (Phi) is 5.12. The predicted octanol–water partition coefficient (Wildman–Crippen LogP) is 2.80. The molecule has 1 aliphatic heterocycles. The third kappa shape index (κ3) is 5.56. The van der Waals surface area contributed by atoms with Gasteiger partial charge >= 0.3 is 6.09 Å². The molecule has 0 aromatic rings. The maximum absolute atomic E-state index is 12.1. The molecule has 0 spiro atoms. The molecule has 0 aromatic carbocycles. The van der Waals surface area contributed by atoms with Crippen LogP contribution in [0.15, 0.2) is 4.99 Å². The van der Waals surface area contributed by atoms with Crippen LogP contribution >= 0.6 is 0 Å². The van der Waals surface area contributed by atoms with E-state index in [-0.39, 0.29) is 6.09 Å². The molecule has 1 aliphatic carbocycles. The molecule has 5 nitrogen and oxygen atoms in total. The molecular formula is C16H29N3O2. The molecule has 0 saturated heterocycles. The van der Waals surface area contributed by atoms with Crippen LogP contribution in [0.2, 0.25) is 0 Å². The third-order valence-electron chi connectivity index (χ3n) is 3.84. The first-order chi connectivity index (χ1) is 9.87. The Labute approximate surface area is 128 Å². The number of rotatable bonds is 4. The van der Waals surface area contributed by atoms with Gasteiger partial charge in [0.2, 0.25) is 0 Å².